The van der Waals surface area contributed by atoms with Gasteiger partial charge in [-0.15, -0.1) is 0 Å². The van der Waals surface area contributed by atoms with Gasteiger partial charge in [0.25, 0.3) is 0 Å². The van der Waals surface area contributed by atoms with Crippen LogP contribution in [-0.2, 0) is 11.2 Å². The molecule has 2 unspecified atom stereocenters. The van der Waals surface area contributed by atoms with Crippen molar-refractivity contribution in [2.45, 2.75) is 25.5 Å². The van der Waals surface area contributed by atoms with Crippen molar-refractivity contribution in [1.29, 1.82) is 0 Å². The fourth-order valence-electron chi connectivity index (χ4n) is 2.05. The molecule has 1 N–H and O–H groups in total. The highest BCUT2D eigenvalue weighted by atomic mass is 16.6. The lowest BCUT2D eigenvalue weighted by molar-refractivity contribution is 0.118. The number of ether oxygens (including phenoxy) is 1. The Balaban J connectivity index is 2.08. The van der Waals surface area contributed by atoms with E-state index in [1.54, 1.807) is 7.05 Å². The lowest BCUT2D eigenvalue weighted by atomic mass is 10.0. The molecule has 4 nitrogen and oxygen atoms in total. The fourth-order valence-corrected chi connectivity index (χ4v) is 2.05. The van der Waals surface area contributed by atoms with E-state index in [-0.39, 0.29) is 24.8 Å². The molecule has 4 heteroatoms. The Morgan fingerprint density at radius 2 is 2.00 bits per heavy atom. The Morgan fingerprint density at radius 1 is 1.35 bits per heavy atom. The molecule has 1 aliphatic rings. The number of hydrogen-bond donors (Lipinski definition) is 1. The summed E-state index contributed by atoms with van der Waals surface area (Å²) in [5, 5.41) is 9.27. The molecule has 0 aliphatic carbocycles. The van der Waals surface area contributed by atoms with E-state index >= 15 is 0 Å². The third kappa shape index (κ3) is 2.42. The van der Waals surface area contributed by atoms with Gasteiger partial charge in [0.1, 0.15) is 6.10 Å². The Labute approximate surface area is 101 Å². The molecule has 1 fully saturated rings. The van der Waals surface area contributed by atoms with Gasteiger partial charge >= 0.3 is 6.09 Å². The lowest BCUT2D eigenvalue weighted by Gasteiger charge is -2.18. The monoisotopic (exact) mass is 235 g/mol. The van der Waals surface area contributed by atoms with E-state index in [2.05, 4.69) is 0 Å². The highest BCUT2D eigenvalue weighted by molar-refractivity contribution is 5.70. The standard InChI is InChI=1S/C13H17NO3/c1-9-3-5-10(6-4-9)7-12-11(8-15)14(2)13(16)17-12/h3-6,11-12,15H,7-8H2,1-2H3. The molecule has 1 saturated heterocycles. The molecule has 1 aliphatic heterocycles. The molecular weight excluding hydrogens is 218 g/mol. The van der Waals surface area contributed by atoms with Gasteiger partial charge < -0.3 is 14.7 Å². The van der Waals surface area contributed by atoms with E-state index in [4.69, 9.17) is 4.74 Å². The topological polar surface area (TPSA) is 49.8 Å². The number of aliphatic hydroxyl groups is 1. The second-order valence-corrected chi connectivity index (χ2v) is 4.47. The molecule has 0 aromatic heterocycles. The number of rotatable bonds is 3. The van der Waals surface area contributed by atoms with Crippen molar-refractivity contribution in [3.63, 3.8) is 0 Å². The van der Waals surface area contributed by atoms with Gasteiger partial charge in [-0.1, -0.05) is 29.8 Å². The summed E-state index contributed by atoms with van der Waals surface area (Å²) in [6.45, 7) is 1.96. The van der Waals surface area contributed by atoms with E-state index in [0.29, 0.717) is 6.42 Å². The predicted molar refractivity (Wildman–Crippen MR) is 63.8 cm³/mol. The van der Waals surface area contributed by atoms with Gasteiger partial charge in [-0.2, -0.15) is 0 Å². The van der Waals surface area contributed by atoms with E-state index in [1.807, 2.05) is 31.2 Å². The number of likely N-dealkylation sites (N-methyl/N-ethyl adjacent to an activating group) is 1. The number of cyclic esters (lactones) is 1. The molecule has 1 amide bonds. The van der Waals surface area contributed by atoms with Gasteiger partial charge in [-0.25, -0.2) is 4.79 Å². The zero-order valence-electron chi connectivity index (χ0n) is 10.1. The highest BCUT2D eigenvalue weighted by Gasteiger charge is 2.38. The molecule has 0 spiro atoms. The van der Waals surface area contributed by atoms with Crippen LogP contribution in [0, 0.1) is 6.92 Å². The smallest absolute Gasteiger partial charge is 0.410 e. The number of aryl methyl sites for hydroxylation is 1. The first kappa shape index (κ1) is 11.9. The Bertz CT molecular complexity index is 402. The summed E-state index contributed by atoms with van der Waals surface area (Å²) in [5.41, 5.74) is 2.31. The molecule has 2 atom stereocenters. The van der Waals surface area contributed by atoms with Gasteiger partial charge in [0, 0.05) is 13.5 Å². The summed E-state index contributed by atoms with van der Waals surface area (Å²) in [5.74, 6) is 0. The van der Waals surface area contributed by atoms with Gasteiger partial charge in [0.15, 0.2) is 0 Å². The van der Waals surface area contributed by atoms with E-state index in [9.17, 15) is 9.90 Å². The SMILES string of the molecule is Cc1ccc(CC2OC(=O)N(C)C2CO)cc1. The number of benzene rings is 1. The van der Waals surface area contributed by atoms with Crippen LogP contribution in [0.4, 0.5) is 4.79 Å². The molecule has 0 radical (unpaired) electrons. The van der Waals surface area contributed by atoms with Crippen LogP contribution < -0.4 is 0 Å². The summed E-state index contributed by atoms with van der Waals surface area (Å²) >= 11 is 0. The summed E-state index contributed by atoms with van der Waals surface area (Å²) in [6, 6.07) is 7.86. The first-order valence-electron chi connectivity index (χ1n) is 5.71. The van der Waals surface area contributed by atoms with Crippen LogP contribution in [0.15, 0.2) is 24.3 Å². The average molecular weight is 235 g/mol. The highest BCUT2D eigenvalue weighted by Crippen LogP contribution is 2.21. The van der Waals surface area contributed by atoms with Crippen LogP contribution in [0.2, 0.25) is 0 Å². The van der Waals surface area contributed by atoms with Crippen LogP contribution in [0.3, 0.4) is 0 Å². The van der Waals surface area contributed by atoms with Crippen molar-refractivity contribution in [1.82, 2.24) is 4.90 Å². The van der Waals surface area contributed by atoms with Crippen LogP contribution in [0.5, 0.6) is 0 Å². The minimum absolute atomic E-state index is 0.0707. The number of carbonyl (C=O) groups is 1. The summed E-state index contributed by atoms with van der Waals surface area (Å²) < 4.78 is 5.24. The van der Waals surface area contributed by atoms with E-state index < -0.39 is 0 Å². The molecule has 2 rings (SSSR count). The third-order valence-corrected chi connectivity index (χ3v) is 3.21. The zero-order chi connectivity index (χ0) is 12.4. The lowest BCUT2D eigenvalue weighted by Crippen LogP contribution is -2.37. The van der Waals surface area contributed by atoms with Gasteiger partial charge in [0.05, 0.1) is 12.6 Å². The molecule has 1 heterocycles. The Kier molecular flexibility index (Phi) is 3.33. The molecule has 0 bridgehead atoms. The normalized spacial score (nSPS) is 23.9. The van der Waals surface area contributed by atoms with Crippen LogP contribution in [0.25, 0.3) is 0 Å². The van der Waals surface area contributed by atoms with E-state index in [0.717, 1.165) is 5.56 Å². The van der Waals surface area contributed by atoms with Gasteiger partial charge in [-0.05, 0) is 12.5 Å². The summed E-state index contributed by atoms with van der Waals surface area (Å²) in [4.78, 5) is 12.8. The van der Waals surface area contributed by atoms with Gasteiger partial charge in [-0.3, -0.25) is 0 Å². The van der Waals surface area contributed by atoms with Crippen molar-refractivity contribution < 1.29 is 14.6 Å². The fraction of sp³-hybridized carbons (Fsp3) is 0.462. The molecule has 1 aromatic carbocycles. The first-order chi connectivity index (χ1) is 8.11. The Hall–Kier alpha value is -1.55. The number of aliphatic hydroxyl groups excluding tert-OH is 1. The van der Waals surface area contributed by atoms with Crippen LogP contribution in [-0.4, -0.2) is 41.9 Å². The largest absolute Gasteiger partial charge is 0.443 e. The van der Waals surface area contributed by atoms with Crippen molar-refractivity contribution in [2.24, 2.45) is 0 Å². The minimum Gasteiger partial charge on any atom is -0.443 e. The maximum atomic E-state index is 11.4. The second-order valence-electron chi connectivity index (χ2n) is 4.47. The zero-order valence-corrected chi connectivity index (χ0v) is 10.1. The Morgan fingerprint density at radius 3 is 2.59 bits per heavy atom. The van der Waals surface area contributed by atoms with Crippen LogP contribution in [0.1, 0.15) is 11.1 Å². The number of amides is 1. The van der Waals surface area contributed by atoms with Crippen molar-refractivity contribution >= 4 is 6.09 Å². The predicted octanol–water partition coefficient (Wildman–Crippen LogP) is 1.35. The maximum absolute atomic E-state index is 11.4. The van der Waals surface area contributed by atoms with Crippen molar-refractivity contribution in [3.05, 3.63) is 35.4 Å². The van der Waals surface area contributed by atoms with Crippen molar-refractivity contribution in [3.8, 4) is 0 Å². The first-order valence-corrected chi connectivity index (χ1v) is 5.71. The van der Waals surface area contributed by atoms with Crippen molar-refractivity contribution in [2.75, 3.05) is 13.7 Å². The second kappa shape index (κ2) is 4.75. The van der Waals surface area contributed by atoms with E-state index in [1.165, 1.54) is 10.5 Å². The average Bonchev–Trinajstić information content (AvgIpc) is 2.58. The van der Waals surface area contributed by atoms with Gasteiger partial charge in [0.2, 0.25) is 0 Å². The minimum atomic E-state index is -0.360. The maximum Gasteiger partial charge on any atom is 0.410 e. The quantitative estimate of drug-likeness (QED) is 0.860. The van der Waals surface area contributed by atoms with Crippen LogP contribution >= 0.6 is 0 Å². The molecule has 92 valence electrons. The summed E-state index contributed by atoms with van der Waals surface area (Å²) in [6.07, 6.45) is 0.0167. The number of hydrogen-bond acceptors (Lipinski definition) is 3. The summed E-state index contributed by atoms with van der Waals surface area (Å²) in [7, 11) is 1.65. The number of carbonyl (C=O) groups excluding carboxylic acids is 1. The molecule has 1 aromatic rings. The molecule has 0 saturated carbocycles. The number of nitrogens with zero attached hydrogens (tertiary/aromatic N) is 1. The molecule has 17 heavy (non-hydrogen) atoms. The molecular formula is C13H17NO3. The third-order valence-electron chi connectivity index (χ3n) is 3.21.